The van der Waals surface area contributed by atoms with E-state index in [4.69, 9.17) is 4.74 Å². The van der Waals surface area contributed by atoms with E-state index in [1.807, 2.05) is 0 Å². The minimum absolute atomic E-state index is 0.0595. The van der Waals surface area contributed by atoms with Crippen molar-refractivity contribution >= 4 is 21.7 Å². The van der Waals surface area contributed by atoms with E-state index in [-0.39, 0.29) is 23.3 Å². The molecule has 0 spiro atoms. The van der Waals surface area contributed by atoms with Crippen LogP contribution >= 0.6 is 0 Å². The predicted octanol–water partition coefficient (Wildman–Crippen LogP) is 2.23. The predicted molar refractivity (Wildman–Crippen MR) is 93.6 cm³/mol. The van der Waals surface area contributed by atoms with Crippen LogP contribution in [0.4, 0.5) is 4.39 Å². The standard InChI is InChI=1S/C18H24FNO5S/c1-13-4-2-3-5-16(13)20-17(21)12-25-18(22)10-11-26(23,24)15-8-6-14(19)7-9-15/h6-9,13,16H,2-5,10-12H2,1H3,(H,20,21)/t13-,16-/m0/s1. The molecule has 1 aromatic carbocycles. The fourth-order valence-corrected chi connectivity index (χ4v) is 4.20. The summed E-state index contributed by atoms with van der Waals surface area (Å²) in [6.07, 6.45) is 3.83. The van der Waals surface area contributed by atoms with E-state index in [1.54, 1.807) is 0 Å². The van der Waals surface area contributed by atoms with Crippen LogP contribution in [0, 0.1) is 11.7 Å². The molecule has 0 aliphatic heterocycles. The lowest BCUT2D eigenvalue weighted by Crippen LogP contribution is -2.42. The van der Waals surface area contributed by atoms with Gasteiger partial charge in [-0.2, -0.15) is 0 Å². The van der Waals surface area contributed by atoms with Crippen molar-refractivity contribution in [2.24, 2.45) is 5.92 Å². The Morgan fingerprint density at radius 1 is 1.19 bits per heavy atom. The summed E-state index contributed by atoms with van der Waals surface area (Å²) in [7, 11) is -3.71. The van der Waals surface area contributed by atoms with E-state index in [9.17, 15) is 22.4 Å². The van der Waals surface area contributed by atoms with Crippen LogP contribution in [0.3, 0.4) is 0 Å². The van der Waals surface area contributed by atoms with Crippen molar-refractivity contribution in [1.82, 2.24) is 5.32 Å². The summed E-state index contributed by atoms with van der Waals surface area (Å²) in [6, 6.07) is 4.47. The second kappa shape index (κ2) is 9.12. The Hall–Kier alpha value is -1.96. The molecule has 1 aliphatic rings. The molecule has 1 aliphatic carbocycles. The van der Waals surface area contributed by atoms with Crippen molar-refractivity contribution in [3.8, 4) is 0 Å². The van der Waals surface area contributed by atoms with E-state index < -0.39 is 34.0 Å². The zero-order valence-corrected chi connectivity index (χ0v) is 15.6. The van der Waals surface area contributed by atoms with E-state index in [1.165, 1.54) is 0 Å². The maximum Gasteiger partial charge on any atom is 0.307 e. The highest BCUT2D eigenvalue weighted by atomic mass is 32.2. The topological polar surface area (TPSA) is 89.5 Å². The lowest BCUT2D eigenvalue weighted by Gasteiger charge is -2.29. The normalized spacial score (nSPS) is 20.4. The average molecular weight is 385 g/mol. The number of esters is 1. The number of halogens is 1. The second-order valence-electron chi connectivity index (χ2n) is 6.62. The number of ether oxygens (including phenoxy) is 1. The van der Waals surface area contributed by atoms with Crippen molar-refractivity contribution in [2.45, 2.75) is 50.0 Å². The molecule has 2 rings (SSSR count). The fourth-order valence-electron chi connectivity index (χ4n) is 2.97. The summed E-state index contributed by atoms with van der Waals surface area (Å²) in [5.41, 5.74) is 0. The summed E-state index contributed by atoms with van der Waals surface area (Å²) >= 11 is 0. The van der Waals surface area contributed by atoms with Crippen LogP contribution < -0.4 is 5.32 Å². The van der Waals surface area contributed by atoms with E-state index in [2.05, 4.69) is 12.2 Å². The van der Waals surface area contributed by atoms with Crippen LogP contribution in [-0.4, -0.2) is 38.7 Å². The molecule has 0 bridgehead atoms. The Bertz CT molecular complexity index is 732. The van der Waals surface area contributed by atoms with Gasteiger partial charge in [0.05, 0.1) is 17.1 Å². The smallest absolute Gasteiger partial charge is 0.307 e. The highest BCUT2D eigenvalue weighted by Crippen LogP contribution is 2.23. The van der Waals surface area contributed by atoms with Gasteiger partial charge < -0.3 is 10.1 Å². The molecule has 0 aromatic heterocycles. The van der Waals surface area contributed by atoms with Crippen LogP contribution in [0.25, 0.3) is 0 Å². The lowest BCUT2D eigenvalue weighted by atomic mass is 9.86. The van der Waals surface area contributed by atoms with Crippen molar-refractivity contribution in [3.63, 3.8) is 0 Å². The number of carbonyl (C=O) groups excluding carboxylic acids is 2. The molecule has 0 heterocycles. The van der Waals surface area contributed by atoms with Crippen LogP contribution in [0.15, 0.2) is 29.2 Å². The minimum atomic E-state index is -3.71. The summed E-state index contributed by atoms with van der Waals surface area (Å²) in [5, 5.41) is 2.86. The molecule has 6 nitrogen and oxygen atoms in total. The van der Waals surface area contributed by atoms with Crippen molar-refractivity contribution in [3.05, 3.63) is 30.1 Å². The van der Waals surface area contributed by atoms with Crippen LogP contribution in [0.5, 0.6) is 0 Å². The number of hydrogen-bond acceptors (Lipinski definition) is 5. The highest BCUT2D eigenvalue weighted by Gasteiger charge is 2.23. The number of rotatable bonds is 7. The summed E-state index contributed by atoms with van der Waals surface area (Å²) in [6.45, 7) is 1.66. The van der Waals surface area contributed by atoms with Gasteiger partial charge in [-0.05, 0) is 43.0 Å². The van der Waals surface area contributed by atoms with Gasteiger partial charge in [0.2, 0.25) is 0 Å². The number of amides is 1. The number of benzene rings is 1. The van der Waals surface area contributed by atoms with Gasteiger partial charge in [-0.3, -0.25) is 9.59 Å². The van der Waals surface area contributed by atoms with E-state index >= 15 is 0 Å². The minimum Gasteiger partial charge on any atom is -0.456 e. The molecule has 8 heteroatoms. The zero-order valence-electron chi connectivity index (χ0n) is 14.7. The first-order valence-corrected chi connectivity index (χ1v) is 10.4. The van der Waals surface area contributed by atoms with Crippen molar-refractivity contribution in [1.29, 1.82) is 0 Å². The first-order chi connectivity index (χ1) is 12.3. The third kappa shape index (κ3) is 6.09. The maximum atomic E-state index is 12.9. The van der Waals surface area contributed by atoms with Crippen molar-refractivity contribution in [2.75, 3.05) is 12.4 Å². The van der Waals surface area contributed by atoms with Gasteiger partial charge in [-0.15, -0.1) is 0 Å². The molecule has 0 unspecified atom stereocenters. The van der Waals surface area contributed by atoms with Gasteiger partial charge in [0, 0.05) is 6.04 Å². The quantitative estimate of drug-likeness (QED) is 0.574. The molecule has 1 amide bonds. The molecule has 1 fully saturated rings. The third-order valence-corrected chi connectivity index (χ3v) is 6.30. The summed E-state index contributed by atoms with van der Waals surface area (Å²) < 4.78 is 41.9. The molecule has 0 saturated heterocycles. The Morgan fingerprint density at radius 2 is 1.85 bits per heavy atom. The molecule has 1 N–H and O–H groups in total. The molecular formula is C18H24FNO5S. The lowest BCUT2D eigenvalue weighted by molar-refractivity contribution is -0.148. The zero-order chi connectivity index (χ0) is 19.2. The molecular weight excluding hydrogens is 361 g/mol. The Balaban J connectivity index is 1.74. The molecule has 1 aromatic rings. The fraction of sp³-hybridized carbons (Fsp3) is 0.556. The van der Waals surface area contributed by atoms with Crippen LogP contribution in [0.2, 0.25) is 0 Å². The molecule has 0 radical (unpaired) electrons. The van der Waals surface area contributed by atoms with E-state index in [0.29, 0.717) is 5.92 Å². The van der Waals surface area contributed by atoms with Gasteiger partial charge in [0.25, 0.3) is 5.91 Å². The third-order valence-electron chi connectivity index (χ3n) is 4.57. The first-order valence-electron chi connectivity index (χ1n) is 8.71. The summed E-state index contributed by atoms with van der Waals surface area (Å²) in [5.74, 6) is -1.74. The number of carbonyl (C=O) groups is 2. The van der Waals surface area contributed by atoms with Crippen molar-refractivity contribution < 1.29 is 27.1 Å². The SMILES string of the molecule is C[C@H]1CCCC[C@@H]1NC(=O)COC(=O)CCS(=O)(=O)c1ccc(F)cc1. The number of hydrogen-bond donors (Lipinski definition) is 1. The number of nitrogens with one attached hydrogen (secondary N) is 1. The van der Waals surface area contributed by atoms with Gasteiger partial charge in [-0.25, -0.2) is 12.8 Å². The molecule has 1 saturated carbocycles. The van der Waals surface area contributed by atoms with Gasteiger partial charge in [0.1, 0.15) is 5.82 Å². The van der Waals surface area contributed by atoms with Crippen LogP contribution in [0.1, 0.15) is 39.0 Å². The van der Waals surface area contributed by atoms with Gasteiger partial charge in [0.15, 0.2) is 16.4 Å². The van der Waals surface area contributed by atoms with Crippen LogP contribution in [-0.2, 0) is 24.2 Å². The largest absolute Gasteiger partial charge is 0.456 e. The maximum absolute atomic E-state index is 12.9. The second-order valence-corrected chi connectivity index (χ2v) is 8.73. The molecule has 144 valence electrons. The monoisotopic (exact) mass is 385 g/mol. The van der Waals surface area contributed by atoms with E-state index in [0.717, 1.165) is 49.9 Å². The van der Waals surface area contributed by atoms with Gasteiger partial charge >= 0.3 is 5.97 Å². The number of sulfone groups is 1. The Labute approximate surface area is 153 Å². The first kappa shape index (κ1) is 20.4. The highest BCUT2D eigenvalue weighted by molar-refractivity contribution is 7.91. The van der Waals surface area contributed by atoms with Gasteiger partial charge in [-0.1, -0.05) is 19.8 Å². The Morgan fingerprint density at radius 3 is 2.50 bits per heavy atom. The Kier molecular flexibility index (Phi) is 7.14. The average Bonchev–Trinajstić information content (AvgIpc) is 2.60. The summed E-state index contributed by atoms with van der Waals surface area (Å²) in [4.78, 5) is 23.5. The molecule has 2 atom stereocenters. The molecule has 26 heavy (non-hydrogen) atoms.